The summed E-state index contributed by atoms with van der Waals surface area (Å²) >= 11 is 0. The van der Waals surface area contributed by atoms with Gasteiger partial charge in [0.05, 0.1) is 42.1 Å². The van der Waals surface area contributed by atoms with Crippen molar-refractivity contribution in [3.8, 4) is 28.1 Å². The highest BCUT2D eigenvalue weighted by atomic mass is 16.6. The number of aromatic amines is 2. The molecule has 2 saturated heterocycles. The zero-order valence-corrected chi connectivity index (χ0v) is 33.5. The Hall–Kier alpha value is -5.59. The first kappa shape index (κ1) is 37.0. The fraction of sp³-hybridized carbons (Fsp3) is 0.477. The van der Waals surface area contributed by atoms with E-state index in [4.69, 9.17) is 24.2 Å². The number of alkyl carbamates (subject to hydrolysis) is 1. The molecule has 3 amide bonds. The van der Waals surface area contributed by atoms with E-state index in [0.717, 1.165) is 106 Å². The van der Waals surface area contributed by atoms with Gasteiger partial charge in [-0.25, -0.2) is 19.6 Å². The van der Waals surface area contributed by atoms with E-state index in [2.05, 4.69) is 51.7 Å². The lowest BCUT2D eigenvalue weighted by atomic mass is 9.92. The van der Waals surface area contributed by atoms with Crippen molar-refractivity contribution in [2.24, 2.45) is 11.8 Å². The zero-order valence-electron chi connectivity index (χ0n) is 33.5. The van der Waals surface area contributed by atoms with Crippen LogP contribution in [0.25, 0.3) is 44.2 Å². The van der Waals surface area contributed by atoms with Crippen LogP contribution in [0.3, 0.4) is 0 Å². The highest BCUT2D eigenvalue weighted by Crippen LogP contribution is 2.48. The Labute approximate surface area is 331 Å². The molecular formula is C44H51N7O6. The molecule has 4 aliphatic rings. The lowest BCUT2D eigenvalue weighted by Crippen LogP contribution is -2.53. The van der Waals surface area contributed by atoms with Crippen molar-refractivity contribution in [3.05, 3.63) is 65.9 Å². The van der Waals surface area contributed by atoms with Gasteiger partial charge >= 0.3 is 12.2 Å². The van der Waals surface area contributed by atoms with Crippen LogP contribution in [0.5, 0.6) is 5.75 Å². The molecule has 5 heterocycles. The first-order valence-electron chi connectivity index (χ1n) is 20.3. The van der Waals surface area contributed by atoms with Crippen LogP contribution in [0.4, 0.5) is 9.59 Å². The smallest absolute Gasteiger partial charge is 0.410 e. The second-order valence-electron chi connectivity index (χ2n) is 17.4. The summed E-state index contributed by atoms with van der Waals surface area (Å²) < 4.78 is 17.0. The number of hydrogen-bond acceptors (Lipinski definition) is 8. The molecule has 3 aromatic carbocycles. The second-order valence-corrected chi connectivity index (χ2v) is 17.4. The Morgan fingerprint density at radius 3 is 2.60 bits per heavy atom. The van der Waals surface area contributed by atoms with E-state index >= 15 is 0 Å². The third-order valence-electron chi connectivity index (χ3n) is 12.3. The summed E-state index contributed by atoms with van der Waals surface area (Å²) in [5.74, 6) is 2.53. The Kier molecular flexibility index (Phi) is 9.16. The Bertz CT molecular complexity index is 2390. The number of ether oxygens (including phenoxy) is 3. The van der Waals surface area contributed by atoms with Crippen molar-refractivity contribution < 1.29 is 28.6 Å². The number of carbonyl (C=O) groups is 3. The average molecular weight is 774 g/mol. The summed E-state index contributed by atoms with van der Waals surface area (Å²) in [6.45, 7) is 10.6. The van der Waals surface area contributed by atoms with Crippen LogP contribution >= 0.6 is 0 Å². The topological polar surface area (TPSA) is 155 Å². The van der Waals surface area contributed by atoms with Gasteiger partial charge in [0.2, 0.25) is 5.91 Å². The van der Waals surface area contributed by atoms with Gasteiger partial charge < -0.3 is 34.4 Å². The quantitative estimate of drug-likeness (QED) is 0.155. The lowest BCUT2D eigenvalue weighted by Gasteiger charge is -2.33. The van der Waals surface area contributed by atoms with Crippen molar-refractivity contribution >= 4 is 39.9 Å². The molecule has 0 radical (unpaired) electrons. The number of methoxy groups -OCH3 is 1. The van der Waals surface area contributed by atoms with Gasteiger partial charge in [-0.2, -0.15) is 0 Å². The number of aromatic nitrogens is 4. The Balaban J connectivity index is 0.993. The Morgan fingerprint density at radius 2 is 1.81 bits per heavy atom. The van der Waals surface area contributed by atoms with Crippen LogP contribution < -0.4 is 10.1 Å². The molecule has 5 atom stereocenters. The van der Waals surface area contributed by atoms with E-state index in [1.807, 2.05) is 51.8 Å². The van der Waals surface area contributed by atoms with Gasteiger partial charge in [0.15, 0.2) is 0 Å². The van der Waals surface area contributed by atoms with Gasteiger partial charge in [0.25, 0.3) is 0 Å². The van der Waals surface area contributed by atoms with Gasteiger partial charge in [-0.05, 0) is 111 Å². The van der Waals surface area contributed by atoms with E-state index in [-0.39, 0.29) is 36.0 Å². The predicted molar refractivity (Wildman–Crippen MR) is 215 cm³/mol. The number of amides is 3. The van der Waals surface area contributed by atoms with Crippen molar-refractivity contribution in [1.82, 2.24) is 35.1 Å². The van der Waals surface area contributed by atoms with Gasteiger partial charge in [0, 0.05) is 23.5 Å². The number of carbonyl (C=O) groups excluding carboxylic acids is 3. The van der Waals surface area contributed by atoms with Crippen LogP contribution in [0.15, 0.2) is 48.7 Å². The minimum atomic E-state index is -0.696. The van der Waals surface area contributed by atoms with Crippen molar-refractivity contribution in [3.63, 3.8) is 0 Å². The fourth-order valence-corrected chi connectivity index (χ4v) is 9.59. The average Bonchev–Trinajstić information content (AvgIpc) is 4.02. The molecule has 9 rings (SSSR count). The largest absolute Gasteiger partial charge is 0.488 e. The van der Waals surface area contributed by atoms with Gasteiger partial charge in [-0.1, -0.05) is 38.5 Å². The highest BCUT2D eigenvalue weighted by Gasteiger charge is 2.49. The van der Waals surface area contributed by atoms with E-state index in [9.17, 15) is 14.4 Å². The van der Waals surface area contributed by atoms with Crippen molar-refractivity contribution in [2.45, 2.75) is 110 Å². The van der Waals surface area contributed by atoms with Crippen molar-refractivity contribution in [1.29, 1.82) is 0 Å². The molecule has 3 fully saturated rings. The number of fused-ring (bicyclic) bond motifs is 7. The van der Waals surface area contributed by atoms with E-state index < -0.39 is 17.7 Å². The number of benzene rings is 3. The monoisotopic (exact) mass is 773 g/mol. The number of hydrogen-bond donors (Lipinski definition) is 3. The van der Waals surface area contributed by atoms with Crippen LogP contribution in [0.2, 0.25) is 0 Å². The SMILES string of the molecule is COC(=O)N[C@H](C(=O)N1[C@H](c2nc3ccc4cc5c(cc4c3[nH]2)OCc2cc(-c3cnc(C4CCCN4C(=O)OC(C)(C)C)[nH]3)ccc2-5)C[C@@H]2CCC[C@@H]21)C(C)C. The summed E-state index contributed by atoms with van der Waals surface area (Å²) in [5, 5.41) is 4.86. The maximum absolute atomic E-state index is 14.3. The number of nitrogens with zero attached hydrogens (tertiary/aromatic N) is 4. The first-order valence-corrected chi connectivity index (χ1v) is 20.3. The third-order valence-corrected chi connectivity index (χ3v) is 12.3. The fourth-order valence-electron chi connectivity index (χ4n) is 9.59. The maximum Gasteiger partial charge on any atom is 0.410 e. The molecule has 1 aliphatic carbocycles. The van der Waals surface area contributed by atoms with Gasteiger partial charge in [-0.3, -0.25) is 9.69 Å². The predicted octanol–water partition coefficient (Wildman–Crippen LogP) is 8.56. The molecule has 3 N–H and O–H groups in total. The van der Waals surface area contributed by atoms with Gasteiger partial charge in [0.1, 0.15) is 35.6 Å². The molecule has 13 nitrogen and oxygen atoms in total. The molecule has 5 aromatic rings. The maximum atomic E-state index is 14.3. The Morgan fingerprint density at radius 1 is 0.965 bits per heavy atom. The van der Waals surface area contributed by atoms with E-state index in [1.165, 1.54) is 7.11 Å². The standard InChI is InChI=1S/C44H51N7O6/c1-23(2)37(49-42(53)55-6)41(52)51-33-10-7-9-26(33)19-35(51)40-46-31-15-13-24-18-30-28-14-12-25(17-27(28)22-56-36(30)20-29(24)38(31)48-40)32-21-45-39(47-32)34-11-8-16-50(34)43(54)57-44(3,4)5/h12-15,17-18,20-21,23,26,33-35,37H,7-11,16,19,22H2,1-6H3,(H,45,47)(H,46,48)(H,49,53)/t26-,33-,34?,35-,37-/m0/s1. The minimum Gasteiger partial charge on any atom is -0.488 e. The molecule has 1 saturated carbocycles. The number of H-pyrrole nitrogens is 2. The van der Waals surface area contributed by atoms with Crippen LogP contribution in [-0.4, -0.2) is 79.2 Å². The number of nitrogens with one attached hydrogen (secondary N) is 3. The highest BCUT2D eigenvalue weighted by molar-refractivity contribution is 6.07. The normalized spacial score (nSPS) is 22.0. The van der Waals surface area contributed by atoms with Crippen LogP contribution in [0.1, 0.15) is 102 Å². The second kappa shape index (κ2) is 14.1. The molecule has 2 aromatic heterocycles. The molecule has 298 valence electrons. The molecule has 3 aliphatic heterocycles. The molecular weight excluding hydrogens is 723 g/mol. The summed E-state index contributed by atoms with van der Waals surface area (Å²) in [4.78, 5) is 60.2. The molecule has 1 unspecified atom stereocenters. The number of imidazole rings is 2. The van der Waals surface area contributed by atoms with Crippen LogP contribution in [-0.2, 0) is 20.9 Å². The summed E-state index contributed by atoms with van der Waals surface area (Å²) in [6.07, 6.45) is 6.60. The molecule has 13 heteroatoms. The van der Waals surface area contributed by atoms with E-state index in [0.29, 0.717) is 19.1 Å². The molecule has 57 heavy (non-hydrogen) atoms. The number of rotatable bonds is 6. The van der Waals surface area contributed by atoms with E-state index in [1.54, 1.807) is 4.90 Å². The summed E-state index contributed by atoms with van der Waals surface area (Å²) in [6, 6.07) is 13.9. The minimum absolute atomic E-state index is 0.0870. The summed E-state index contributed by atoms with van der Waals surface area (Å²) in [5.41, 5.74) is 6.29. The number of likely N-dealkylation sites (tertiary alicyclic amines) is 2. The first-order chi connectivity index (χ1) is 27.4. The lowest BCUT2D eigenvalue weighted by molar-refractivity contribution is -0.137. The zero-order chi connectivity index (χ0) is 39.7. The molecule has 0 spiro atoms. The third kappa shape index (κ3) is 6.64. The molecule has 0 bridgehead atoms. The van der Waals surface area contributed by atoms with Crippen LogP contribution in [0, 0.1) is 11.8 Å². The van der Waals surface area contributed by atoms with Crippen molar-refractivity contribution in [2.75, 3.05) is 13.7 Å². The summed E-state index contributed by atoms with van der Waals surface area (Å²) in [7, 11) is 1.32. The van der Waals surface area contributed by atoms with Gasteiger partial charge in [-0.15, -0.1) is 0 Å².